The molecule has 0 aromatic heterocycles. The summed E-state index contributed by atoms with van der Waals surface area (Å²) in [6, 6.07) is 3.23. The van der Waals surface area contributed by atoms with Gasteiger partial charge in [0.2, 0.25) is 0 Å². The normalized spacial score (nSPS) is 14.8. The van der Waals surface area contributed by atoms with Gasteiger partial charge in [0.15, 0.2) is 0 Å². The van der Waals surface area contributed by atoms with Crippen LogP contribution in [0.4, 0.5) is 22.0 Å². The summed E-state index contributed by atoms with van der Waals surface area (Å²) in [6.07, 6.45) is -5.76. The molecule has 0 aliphatic rings. The molecule has 1 aromatic carbocycles. The second-order valence-corrected chi connectivity index (χ2v) is 4.43. The van der Waals surface area contributed by atoms with Gasteiger partial charge < -0.3 is 0 Å². The molecule has 0 aliphatic heterocycles. The summed E-state index contributed by atoms with van der Waals surface area (Å²) in [4.78, 5) is 0. The van der Waals surface area contributed by atoms with Gasteiger partial charge in [0.05, 0.1) is 0 Å². The van der Waals surface area contributed by atoms with Crippen molar-refractivity contribution in [1.82, 2.24) is 0 Å². The molecule has 17 heavy (non-hydrogen) atoms. The molecule has 0 nitrogen and oxygen atoms in total. The quantitative estimate of drug-likeness (QED) is 0.501. The molecule has 0 amide bonds. The first-order valence-electron chi connectivity index (χ1n) is 4.11. The van der Waals surface area contributed by atoms with Crippen LogP contribution >= 0.6 is 34.8 Å². The third-order valence-corrected chi connectivity index (χ3v) is 3.02. The minimum absolute atomic E-state index is 0.0342. The Morgan fingerprint density at radius 3 is 2.00 bits per heavy atom. The molecule has 8 heteroatoms. The van der Waals surface area contributed by atoms with E-state index in [0.29, 0.717) is 0 Å². The number of alkyl halides is 6. The Bertz CT molecular complexity index is 416. The minimum atomic E-state index is -5.76. The lowest BCUT2D eigenvalue weighted by Gasteiger charge is -2.25. The Morgan fingerprint density at radius 1 is 1.00 bits per heavy atom. The molecule has 1 atom stereocenters. The molecular weight excluding hydrogens is 309 g/mol. The number of rotatable bonds is 2. The molecule has 0 heterocycles. The molecule has 0 spiro atoms. The van der Waals surface area contributed by atoms with Crippen LogP contribution in [0.2, 0.25) is 10.0 Å². The standard InChI is InChI=1S/C9H4Cl3F5/c10-4-1-2-6(11)5(3-4)7(12)8(13,14)9(15,16)17/h1-3,7H. The van der Waals surface area contributed by atoms with E-state index < -0.39 is 23.0 Å². The predicted molar refractivity (Wildman–Crippen MR) is 56.1 cm³/mol. The highest BCUT2D eigenvalue weighted by Crippen LogP contribution is 2.49. The maximum atomic E-state index is 13.0. The molecule has 0 bridgehead atoms. The van der Waals surface area contributed by atoms with Gasteiger partial charge in [-0.05, 0) is 23.8 Å². The van der Waals surface area contributed by atoms with E-state index in [0.717, 1.165) is 12.1 Å². The fourth-order valence-electron chi connectivity index (χ4n) is 1.05. The fraction of sp³-hybridized carbons (Fsp3) is 0.333. The maximum absolute atomic E-state index is 13.0. The predicted octanol–water partition coefficient (Wildman–Crippen LogP) is 5.47. The van der Waals surface area contributed by atoms with Gasteiger partial charge in [-0.3, -0.25) is 0 Å². The molecule has 0 radical (unpaired) electrons. The molecule has 96 valence electrons. The monoisotopic (exact) mass is 312 g/mol. The number of hydrogen-bond donors (Lipinski definition) is 0. The van der Waals surface area contributed by atoms with Gasteiger partial charge >= 0.3 is 12.1 Å². The molecule has 0 aliphatic carbocycles. The van der Waals surface area contributed by atoms with E-state index in [9.17, 15) is 22.0 Å². The van der Waals surface area contributed by atoms with Crippen molar-refractivity contribution >= 4 is 34.8 Å². The van der Waals surface area contributed by atoms with Crippen molar-refractivity contribution in [2.75, 3.05) is 0 Å². The summed E-state index contributed by atoms with van der Waals surface area (Å²) in [5.74, 6) is -5.09. The average molecular weight is 313 g/mol. The minimum Gasteiger partial charge on any atom is -0.194 e. The smallest absolute Gasteiger partial charge is 0.194 e. The first kappa shape index (κ1) is 14.8. The Labute approximate surface area is 108 Å². The summed E-state index contributed by atoms with van der Waals surface area (Å²) >= 11 is 16.1. The lowest BCUT2D eigenvalue weighted by atomic mass is 10.1. The topological polar surface area (TPSA) is 0 Å². The SMILES string of the molecule is FC(F)(F)C(F)(F)C(Cl)c1cc(Cl)ccc1Cl. The summed E-state index contributed by atoms with van der Waals surface area (Å²) < 4.78 is 62.2. The molecule has 1 rings (SSSR count). The van der Waals surface area contributed by atoms with Crippen LogP contribution in [-0.2, 0) is 0 Å². The Hall–Kier alpha value is -0.260. The summed E-state index contributed by atoms with van der Waals surface area (Å²) in [5.41, 5.74) is -0.567. The van der Waals surface area contributed by atoms with E-state index in [1.807, 2.05) is 0 Å². The second-order valence-electron chi connectivity index (χ2n) is 3.15. The number of hydrogen-bond acceptors (Lipinski definition) is 0. The first-order valence-corrected chi connectivity index (χ1v) is 5.30. The molecule has 0 fully saturated rings. The zero-order valence-electron chi connectivity index (χ0n) is 7.83. The number of halogens is 8. The van der Waals surface area contributed by atoms with Gasteiger partial charge in [0, 0.05) is 10.0 Å². The van der Waals surface area contributed by atoms with Gasteiger partial charge in [0.25, 0.3) is 0 Å². The van der Waals surface area contributed by atoms with Crippen molar-refractivity contribution < 1.29 is 22.0 Å². The molecule has 0 saturated heterocycles. The highest BCUT2D eigenvalue weighted by Gasteiger charge is 2.62. The van der Waals surface area contributed by atoms with Crippen LogP contribution in [0.5, 0.6) is 0 Å². The second kappa shape index (κ2) is 4.78. The Kier molecular flexibility index (Phi) is 4.16. The van der Waals surface area contributed by atoms with Gasteiger partial charge in [-0.2, -0.15) is 22.0 Å². The summed E-state index contributed by atoms with van der Waals surface area (Å²) in [6.45, 7) is 0. The van der Waals surface area contributed by atoms with Crippen LogP contribution < -0.4 is 0 Å². The third kappa shape index (κ3) is 2.95. The fourth-order valence-corrected chi connectivity index (χ4v) is 1.82. The Balaban J connectivity index is 3.21. The van der Waals surface area contributed by atoms with E-state index in [1.54, 1.807) is 0 Å². The van der Waals surface area contributed by atoms with Gasteiger partial charge in [-0.1, -0.05) is 23.2 Å². The van der Waals surface area contributed by atoms with E-state index in [-0.39, 0.29) is 10.0 Å². The van der Waals surface area contributed by atoms with Crippen molar-refractivity contribution in [3.05, 3.63) is 33.8 Å². The molecule has 0 saturated carbocycles. The zero-order valence-corrected chi connectivity index (χ0v) is 10.1. The van der Waals surface area contributed by atoms with Crippen molar-refractivity contribution in [2.45, 2.75) is 17.5 Å². The highest BCUT2D eigenvalue weighted by atomic mass is 35.5. The van der Waals surface area contributed by atoms with Crippen LogP contribution in [-0.4, -0.2) is 12.1 Å². The first-order chi connectivity index (χ1) is 7.57. The van der Waals surface area contributed by atoms with Gasteiger partial charge in [-0.25, -0.2) is 0 Å². The van der Waals surface area contributed by atoms with Gasteiger partial charge in [-0.15, -0.1) is 11.6 Å². The lowest BCUT2D eigenvalue weighted by molar-refractivity contribution is -0.283. The average Bonchev–Trinajstić information content (AvgIpc) is 2.19. The van der Waals surface area contributed by atoms with Crippen molar-refractivity contribution in [3.63, 3.8) is 0 Å². The lowest BCUT2D eigenvalue weighted by Crippen LogP contribution is -2.40. The van der Waals surface area contributed by atoms with Crippen LogP contribution in [0.3, 0.4) is 0 Å². The molecule has 1 aromatic rings. The van der Waals surface area contributed by atoms with Crippen molar-refractivity contribution in [1.29, 1.82) is 0 Å². The van der Waals surface area contributed by atoms with E-state index in [4.69, 9.17) is 34.8 Å². The highest BCUT2D eigenvalue weighted by molar-refractivity contribution is 6.34. The maximum Gasteiger partial charge on any atom is 0.455 e. The summed E-state index contributed by atoms with van der Waals surface area (Å²) in [7, 11) is 0. The van der Waals surface area contributed by atoms with Crippen LogP contribution in [0.1, 0.15) is 10.9 Å². The number of benzene rings is 1. The van der Waals surface area contributed by atoms with E-state index in [1.165, 1.54) is 6.07 Å². The molecular formula is C9H4Cl3F5. The van der Waals surface area contributed by atoms with E-state index >= 15 is 0 Å². The van der Waals surface area contributed by atoms with Gasteiger partial charge in [0.1, 0.15) is 5.38 Å². The van der Waals surface area contributed by atoms with Crippen LogP contribution in [0, 0.1) is 0 Å². The molecule has 1 unspecified atom stereocenters. The summed E-state index contributed by atoms with van der Waals surface area (Å²) in [5, 5.41) is -2.97. The Morgan fingerprint density at radius 2 is 1.53 bits per heavy atom. The molecule has 0 N–H and O–H groups in total. The largest absolute Gasteiger partial charge is 0.455 e. The van der Waals surface area contributed by atoms with E-state index in [2.05, 4.69) is 0 Å². The van der Waals surface area contributed by atoms with Crippen LogP contribution in [0.25, 0.3) is 0 Å². The van der Waals surface area contributed by atoms with Crippen molar-refractivity contribution in [2.24, 2.45) is 0 Å². The van der Waals surface area contributed by atoms with Crippen molar-refractivity contribution in [3.8, 4) is 0 Å². The third-order valence-electron chi connectivity index (χ3n) is 1.93. The van der Waals surface area contributed by atoms with Crippen LogP contribution in [0.15, 0.2) is 18.2 Å². The zero-order chi connectivity index (χ0) is 13.4.